The van der Waals surface area contributed by atoms with Crippen LogP contribution in [0, 0.1) is 5.82 Å². The third-order valence-electron chi connectivity index (χ3n) is 3.26. The van der Waals surface area contributed by atoms with Gasteiger partial charge in [0.05, 0.1) is 0 Å². The molecule has 3 nitrogen and oxygen atoms in total. The number of nitrogens with one attached hydrogen (secondary N) is 1. The van der Waals surface area contributed by atoms with Crippen LogP contribution in [0.4, 0.5) is 15.2 Å². The van der Waals surface area contributed by atoms with Crippen LogP contribution in [-0.2, 0) is 13.0 Å². The summed E-state index contributed by atoms with van der Waals surface area (Å²) in [5.74, 6) is -0.185. The molecule has 19 heavy (non-hydrogen) atoms. The van der Waals surface area contributed by atoms with E-state index in [4.69, 9.17) is 0 Å². The molecular weight excluding hydrogens is 261 g/mol. The standard InChI is InChI=1S/C14H16FN3S/c1-2-16-8-12-9-17-14(19-12)18-6-5-10-3-4-11(15)7-13(10)18/h3-4,7,9,16H,2,5-6,8H2,1H3. The van der Waals surface area contributed by atoms with Gasteiger partial charge in [0.1, 0.15) is 5.82 Å². The smallest absolute Gasteiger partial charge is 0.190 e. The molecule has 0 radical (unpaired) electrons. The minimum Gasteiger partial charge on any atom is -0.317 e. The molecule has 0 unspecified atom stereocenters. The van der Waals surface area contributed by atoms with E-state index in [9.17, 15) is 4.39 Å². The molecule has 1 aromatic carbocycles. The highest BCUT2D eigenvalue weighted by molar-refractivity contribution is 7.15. The Balaban J connectivity index is 1.85. The minimum atomic E-state index is -0.185. The van der Waals surface area contributed by atoms with E-state index >= 15 is 0 Å². The summed E-state index contributed by atoms with van der Waals surface area (Å²) in [6.07, 6.45) is 2.86. The van der Waals surface area contributed by atoms with Gasteiger partial charge in [-0.1, -0.05) is 13.0 Å². The summed E-state index contributed by atoms with van der Waals surface area (Å²) in [6, 6.07) is 5.01. The van der Waals surface area contributed by atoms with Gasteiger partial charge in [0.15, 0.2) is 5.13 Å². The fourth-order valence-electron chi connectivity index (χ4n) is 2.30. The van der Waals surface area contributed by atoms with Gasteiger partial charge >= 0.3 is 0 Å². The Morgan fingerprint density at radius 3 is 3.21 bits per heavy atom. The lowest BCUT2D eigenvalue weighted by molar-refractivity contribution is 0.628. The number of hydrogen-bond acceptors (Lipinski definition) is 4. The van der Waals surface area contributed by atoms with Gasteiger partial charge in [0.25, 0.3) is 0 Å². The largest absolute Gasteiger partial charge is 0.317 e. The van der Waals surface area contributed by atoms with Crippen LogP contribution >= 0.6 is 11.3 Å². The molecule has 0 fully saturated rings. The molecule has 5 heteroatoms. The van der Waals surface area contributed by atoms with E-state index < -0.39 is 0 Å². The zero-order chi connectivity index (χ0) is 13.2. The van der Waals surface area contributed by atoms with E-state index in [0.29, 0.717) is 0 Å². The van der Waals surface area contributed by atoms with Crippen LogP contribution in [0.1, 0.15) is 17.4 Å². The lowest BCUT2D eigenvalue weighted by Crippen LogP contribution is -2.12. The Labute approximate surface area is 116 Å². The van der Waals surface area contributed by atoms with Crippen molar-refractivity contribution in [2.24, 2.45) is 0 Å². The molecule has 1 N–H and O–H groups in total. The number of thiazole rings is 1. The van der Waals surface area contributed by atoms with Crippen LogP contribution < -0.4 is 10.2 Å². The van der Waals surface area contributed by atoms with Crippen molar-refractivity contribution in [3.05, 3.63) is 40.7 Å². The number of halogens is 1. The first-order valence-corrected chi connectivity index (χ1v) is 7.31. The highest BCUT2D eigenvalue weighted by atomic mass is 32.1. The molecule has 2 heterocycles. The molecule has 0 bridgehead atoms. The van der Waals surface area contributed by atoms with Gasteiger partial charge in [-0.05, 0) is 30.7 Å². The molecule has 3 rings (SSSR count). The molecule has 0 saturated heterocycles. The summed E-state index contributed by atoms with van der Waals surface area (Å²) in [7, 11) is 0. The highest BCUT2D eigenvalue weighted by Gasteiger charge is 2.23. The molecule has 2 aromatic rings. The van der Waals surface area contributed by atoms with Gasteiger partial charge in [0, 0.05) is 29.9 Å². The summed E-state index contributed by atoms with van der Waals surface area (Å²) in [5.41, 5.74) is 2.16. The van der Waals surface area contributed by atoms with Crippen LogP contribution in [-0.4, -0.2) is 18.1 Å². The zero-order valence-electron chi connectivity index (χ0n) is 10.8. The van der Waals surface area contributed by atoms with Crippen LogP contribution in [0.2, 0.25) is 0 Å². The van der Waals surface area contributed by atoms with Crippen molar-refractivity contribution in [2.75, 3.05) is 18.0 Å². The number of aromatic nitrogens is 1. The average molecular weight is 277 g/mol. The summed E-state index contributed by atoms with van der Waals surface area (Å²) in [6.45, 7) is 4.76. The maximum absolute atomic E-state index is 13.4. The van der Waals surface area contributed by atoms with Crippen molar-refractivity contribution in [3.63, 3.8) is 0 Å². The van der Waals surface area contributed by atoms with E-state index in [1.165, 1.54) is 16.5 Å². The first-order valence-electron chi connectivity index (χ1n) is 6.49. The summed E-state index contributed by atoms with van der Waals surface area (Å²) >= 11 is 1.67. The molecule has 1 aliphatic heterocycles. The molecule has 0 spiro atoms. The van der Waals surface area contributed by atoms with Crippen LogP contribution in [0.3, 0.4) is 0 Å². The molecular formula is C14H16FN3S. The number of rotatable bonds is 4. The van der Waals surface area contributed by atoms with Gasteiger partial charge in [-0.25, -0.2) is 9.37 Å². The summed E-state index contributed by atoms with van der Waals surface area (Å²) in [5, 5.41) is 4.24. The van der Waals surface area contributed by atoms with Crippen LogP contribution in [0.15, 0.2) is 24.4 Å². The predicted molar refractivity (Wildman–Crippen MR) is 76.6 cm³/mol. The maximum atomic E-state index is 13.4. The Kier molecular flexibility index (Phi) is 3.48. The predicted octanol–water partition coefficient (Wildman–Crippen LogP) is 3.09. The van der Waals surface area contributed by atoms with Crippen molar-refractivity contribution in [1.82, 2.24) is 10.3 Å². The lowest BCUT2D eigenvalue weighted by Gasteiger charge is -2.15. The Bertz CT molecular complexity index is 582. The minimum absolute atomic E-state index is 0.185. The number of anilines is 2. The Hall–Kier alpha value is -1.46. The number of hydrogen-bond donors (Lipinski definition) is 1. The first kappa shape index (κ1) is 12.6. The second kappa shape index (κ2) is 5.27. The molecule has 0 atom stereocenters. The normalized spacial score (nSPS) is 13.9. The molecule has 1 aromatic heterocycles. The van der Waals surface area contributed by atoms with E-state index in [1.807, 2.05) is 12.3 Å². The topological polar surface area (TPSA) is 28.2 Å². The first-order chi connectivity index (χ1) is 9.28. The molecule has 0 amide bonds. The van der Waals surface area contributed by atoms with Crippen molar-refractivity contribution in [3.8, 4) is 0 Å². The Morgan fingerprint density at radius 2 is 2.37 bits per heavy atom. The SMILES string of the molecule is CCNCc1cnc(N2CCc3ccc(F)cc32)s1. The van der Waals surface area contributed by atoms with Gasteiger partial charge in [-0.2, -0.15) is 0 Å². The second-order valence-electron chi connectivity index (χ2n) is 4.56. The number of nitrogens with zero attached hydrogens (tertiary/aromatic N) is 2. The quantitative estimate of drug-likeness (QED) is 0.931. The third-order valence-corrected chi connectivity index (χ3v) is 4.28. The van der Waals surface area contributed by atoms with E-state index in [0.717, 1.165) is 36.9 Å². The van der Waals surface area contributed by atoms with Crippen molar-refractivity contribution < 1.29 is 4.39 Å². The van der Waals surface area contributed by atoms with E-state index in [-0.39, 0.29) is 5.82 Å². The number of fused-ring (bicyclic) bond motifs is 1. The Morgan fingerprint density at radius 1 is 1.47 bits per heavy atom. The lowest BCUT2D eigenvalue weighted by atomic mass is 10.2. The summed E-state index contributed by atoms with van der Waals surface area (Å²) in [4.78, 5) is 7.78. The van der Waals surface area contributed by atoms with Gasteiger partial charge < -0.3 is 10.2 Å². The van der Waals surface area contributed by atoms with Crippen molar-refractivity contribution in [1.29, 1.82) is 0 Å². The third kappa shape index (κ3) is 2.48. The fourth-order valence-corrected chi connectivity index (χ4v) is 3.22. The maximum Gasteiger partial charge on any atom is 0.190 e. The number of benzene rings is 1. The van der Waals surface area contributed by atoms with Gasteiger partial charge in [0.2, 0.25) is 0 Å². The monoisotopic (exact) mass is 277 g/mol. The molecule has 0 aliphatic carbocycles. The average Bonchev–Trinajstić information content (AvgIpc) is 3.01. The van der Waals surface area contributed by atoms with E-state index in [2.05, 4.69) is 22.1 Å². The zero-order valence-corrected chi connectivity index (χ0v) is 11.6. The molecule has 1 aliphatic rings. The second-order valence-corrected chi connectivity index (χ2v) is 5.66. The fraction of sp³-hybridized carbons (Fsp3) is 0.357. The van der Waals surface area contributed by atoms with Gasteiger partial charge in [-0.15, -0.1) is 11.3 Å². The molecule has 0 saturated carbocycles. The van der Waals surface area contributed by atoms with Gasteiger partial charge in [-0.3, -0.25) is 0 Å². The van der Waals surface area contributed by atoms with E-state index in [1.54, 1.807) is 17.4 Å². The van der Waals surface area contributed by atoms with Crippen molar-refractivity contribution in [2.45, 2.75) is 19.9 Å². The van der Waals surface area contributed by atoms with Crippen LogP contribution in [0.5, 0.6) is 0 Å². The summed E-state index contributed by atoms with van der Waals surface area (Å²) < 4.78 is 13.4. The van der Waals surface area contributed by atoms with Crippen LogP contribution in [0.25, 0.3) is 0 Å². The highest BCUT2D eigenvalue weighted by Crippen LogP contribution is 2.36. The molecule has 100 valence electrons. The van der Waals surface area contributed by atoms with Crippen molar-refractivity contribution >= 4 is 22.2 Å².